The molecular formula is C18H19F3N2O2. The molecule has 134 valence electrons. The van der Waals surface area contributed by atoms with E-state index in [1.807, 2.05) is 48.7 Å². The summed E-state index contributed by atoms with van der Waals surface area (Å²) in [5.41, 5.74) is 1.98. The lowest BCUT2D eigenvalue weighted by Crippen LogP contribution is -2.42. The Morgan fingerprint density at radius 1 is 1.12 bits per heavy atom. The first-order valence-corrected chi connectivity index (χ1v) is 8.09. The van der Waals surface area contributed by atoms with E-state index >= 15 is 0 Å². The molecule has 0 N–H and O–H groups in total. The molecule has 0 fully saturated rings. The maximum absolute atomic E-state index is 12.6. The van der Waals surface area contributed by atoms with Gasteiger partial charge in [0.15, 0.2) is 0 Å². The van der Waals surface area contributed by atoms with Gasteiger partial charge >= 0.3 is 6.18 Å². The molecule has 1 atom stereocenters. The fourth-order valence-corrected chi connectivity index (χ4v) is 3.13. The number of rotatable bonds is 5. The van der Waals surface area contributed by atoms with Gasteiger partial charge in [-0.2, -0.15) is 13.2 Å². The predicted molar refractivity (Wildman–Crippen MR) is 85.9 cm³/mol. The first-order chi connectivity index (χ1) is 12.0. The zero-order valence-corrected chi connectivity index (χ0v) is 13.6. The number of halogens is 3. The molecular weight excluding hydrogens is 333 g/mol. The van der Waals surface area contributed by atoms with Crippen molar-refractivity contribution in [2.24, 2.45) is 0 Å². The van der Waals surface area contributed by atoms with Crippen molar-refractivity contribution in [1.29, 1.82) is 0 Å². The molecule has 0 aliphatic carbocycles. The van der Waals surface area contributed by atoms with E-state index in [1.165, 1.54) is 0 Å². The van der Waals surface area contributed by atoms with Crippen LogP contribution in [0.5, 0.6) is 0 Å². The van der Waals surface area contributed by atoms with Crippen LogP contribution < -0.4 is 0 Å². The number of carbonyl (C=O) groups excluding carboxylic acids is 1. The minimum atomic E-state index is -4.37. The van der Waals surface area contributed by atoms with Crippen LogP contribution in [0, 0.1) is 0 Å². The molecule has 0 saturated carbocycles. The molecule has 2 heterocycles. The van der Waals surface area contributed by atoms with Crippen LogP contribution in [-0.4, -0.2) is 41.3 Å². The zero-order valence-electron chi connectivity index (χ0n) is 13.6. The van der Waals surface area contributed by atoms with Crippen LogP contribution >= 0.6 is 0 Å². The third-order valence-corrected chi connectivity index (χ3v) is 4.20. The van der Waals surface area contributed by atoms with Crippen LogP contribution in [0.4, 0.5) is 13.2 Å². The van der Waals surface area contributed by atoms with Crippen molar-refractivity contribution >= 4 is 5.91 Å². The summed E-state index contributed by atoms with van der Waals surface area (Å²) in [4.78, 5) is 14.3. The number of aromatic nitrogens is 1. The van der Waals surface area contributed by atoms with Crippen molar-refractivity contribution in [2.75, 3.05) is 19.8 Å². The van der Waals surface area contributed by atoms with Gasteiger partial charge in [-0.3, -0.25) is 4.79 Å². The standard InChI is InChI=1S/C18H19F3N2O2/c19-18(20,21)13-25-12-8-16(24)23-11-10-22-9-4-7-15(22)17(23)14-5-2-1-3-6-14/h1-7,9,17H,8,10-13H2. The number of alkyl halides is 3. The van der Waals surface area contributed by atoms with E-state index in [-0.39, 0.29) is 25.0 Å². The van der Waals surface area contributed by atoms with Gasteiger partial charge in [-0.15, -0.1) is 0 Å². The summed E-state index contributed by atoms with van der Waals surface area (Å²) < 4.78 is 43.1. The van der Waals surface area contributed by atoms with Crippen LogP contribution in [0.1, 0.15) is 23.7 Å². The maximum Gasteiger partial charge on any atom is 0.411 e. The first kappa shape index (κ1) is 17.5. The van der Waals surface area contributed by atoms with Crippen molar-refractivity contribution in [3.63, 3.8) is 0 Å². The highest BCUT2D eigenvalue weighted by atomic mass is 19.4. The molecule has 1 amide bonds. The Bertz CT molecular complexity index is 713. The Balaban J connectivity index is 1.72. The van der Waals surface area contributed by atoms with Crippen molar-refractivity contribution in [2.45, 2.75) is 25.2 Å². The number of carbonyl (C=O) groups is 1. The smallest absolute Gasteiger partial charge is 0.372 e. The summed E-state index contributed by atoms with van der Waals surface area (Å²) in [6.07, 6.45) is -2.47. The van der Waals surface area contributed by atoms with E-state index in [4.69, 9.17) is 0 Å². The quantitative estimate of drug-likeness (QED) is 0.773. The van der Waals surface area contributed by atoms with E-state index in [0.29, 0.717) is 13.1 Å². The number of hydrogen-bond donors (Lipinski definition) is 0. The highest BCUT2D eigenvalue weighted by molar-refractivity contribution is 5.77. The third-order valence-electron chi connectivity index (χ3n) is 4.20. The lowest BCUT2D eigenvalue weighted by Gasteiger charge is -2.37. The molecule has 0 bridgehead atoms. The zero-order chi connectivity index (χ0) is 17.9. The molecule has 7 heteroatoms. The maximum atomic E-state index is 12.6. The molecule has 0 saturated heterocycles. The van der Waals surface area contributed by atoms with Gasteiger partial charge < -0.3 is 14.2 Å². The van der Waals surface area contributed by atoms with Gasteiger partial charge in [-0.1, -0.05) is 30.3 Å². The third kappa shape index (κ3) is 4.22. The second-order valence-electron chi connectivity index (χ2n) is 5.94. The summed E-state index contributed by atoms with van der Waals surface area (Å²) in [5.74, 6) is -0.205. The molecule has 1 aliphatic heterocycles. The lowest BCUT2D eigenvalue weighted by atomic mass is 9.99. The molecule has 0 radical (unpaired) electrons. The Labute approximate surface area is 143 Å². The van der Waals surface area contributed by atoms with Crippen LogP contribution in [0.3, 0.4) is 0 Å². The van der Waals surface area contributed by atoms with E-state index in [2.05, 4.69) is 9.30 Å². The SMILES string of the molecule is O=C(CCOCC(F)(F)F)N1CCn2cccc2C1c1ccccc1. The van der Waals surface area contributed by atoms with Gasteiger partial charge in [-0.05, 0) is 17.7 Å². The van der Waals surface area contributed by atoms with Gasteiger partial charge in [0, 0.05) is 25.0 Å². The molecule has 2 aromatic rings. The van der Waals surface area contributed by atoms with E-state index in [9.17, 15) is 18.0 Å². The lowest BCUT2D eigenvalue weighted by molar-refractivity contribution is -0.175. The van der Waals surface area contributed by atoms with Crippen molar-refractivity contribution in [3.8, 4) is 0 Å². The van der Waals surface area contributed by atoms with Gasteiger partial charge in [0.25, 0.3) is 0 Å². The van der Waals surface area contributed by atoms with Crippen LogP contribution in [-0.2, 0) is 16.1 Å². The number of benzene rings is 1. The van der Waals surface area contributed by atoms with Crippen molar-refractivity contribution in [3.05, 3.63) is 59.9 Å². The molecule has 0 spiro atoms. The molecule has 1 aromatic carbocycles. The van der Waals surface area contributed by atoms with E-state index < -0.39 is 12.8 Å². The highest BCUT2D eigenvalue weighted by Crippen LogP contribution is 2.32. The van der Waals surface area contributed by atoms with Crippen LogP contribution in [0.2, 0.25) is 0 Å². The number of ether oxygens (including phenoxy) is 1. The van der Waals surface area contributed by atoms with Crippen molar-refractivity contribution in [1.82, 2.24) is 9.47 Å². The minimum Gasteiger partial charge on any atom is -0.372 e. The fourth-order valence-electron chi connectivity index (χ4n) is 3.13. The second-order valence-corrected chi connectivity index (χ2v) is 5.94. The van der Waals surface area contributed by atoms with Gasteiger partial charge in [0.2, 0.25) is 5.91 Å². The molecule has 1 aliphatic rings. The average Bonchev–Trinajstić information content (AvgIpc) is 3.06. The Kier molecular flexibility index (Phi) is 5.13. The monoisotopic (exact) mass is 352 g/mol. The van der Waals surface area contributed by atoms with Gasteiger partial charge in [-0.25, -0.2) is 0 Å². The molecule has 4 nitrogen and oxygen atoms in total. The summed E-state index contributed by atoms with van der Waals surface area (Å²) in [5, 5.41) is 0. The second kappa shape index (κ2) is 7.31. The van der Waals surface area contributed by atoms with Crippen LogP contribution in [0.15, 0.2) is 48.7 Å². The minimum absolute atomic E-state index is 0.0693. The largest absolute Gasteiger partial charge is 0.411 e. The predicted octanol–water partition coefficient (Wildman–Crippen LogP) is 3.39. The molecule has 25 heavy (non-hydrogen) atoms. The number of fused-ring (bicyclic) bond motifs is 1. The average molecular weight is 352 g/mol. The summed E-state index contributed by atoms with van der Waals surface area (Å²) in [6, 6.07) is 13.3. The number of nitrogens with zero attached hydrogens (tertiary/aromatic N) is 2. The first-order valence-electron chi connectivity index (χ1n) is 8.09. The molecule has 1 unspecified atom stereocenters. The molecule has 1 aromatic heterocycles. The fraction of sp³-hybridized carbons (Fsp3) is 0.389. The number of hydrogen-bond acceptors (Lipinski definition) is 2. The molecule has 3 rings (SSSR count). The summed E-state index contributed by atoms with van der Waals surface area (Å²) >= 11 is 0. The van der Waals surface area contributed by atoms with E-state index in [0.717, 1.165) is 11.3 Å². The summed E-state index contributed by atoms with van der Waals surface area (Å²) in [7, 11) is 0. The topological polar surface area (TPSA) is 34.5 Å². The normalized spacial score (nSPS) is 17.4. The number of amides is 1. The Morgan fingerprint density at radius 2 is 1.88 bits per heavy atom. The van der Waals surface area contributed by atoms with E-state index in [1.54, 1.807) is 4.90 Å². The van der Waals surface area contributed by atoms with Gasteiger partial charge in [0.1, 0.15) is 6.61 Å². The van der Waals surface area contributed by atoms with Crippen molar-refractivity contribution < 1.29 is 22.7 Å². The van der Waals surface area contributed by atoms with Crippen LogP contribution in [0.25, 0.3) is 0 Å². The Hall–Kier alpha value is -2.28. The highest BCUT2D eigenvalue weighted by Gasteiger charge is 2.32. The van der Waals surface area contributed by atoms with Gasteiger partial charge in [0.05, 0.1) is 19.1 Å². The summed E-state index contributed by atoms with van der Waals surface area (Å²) in [6.45, 7) is -0.386. The Morgan fingerprint density at radius 3 is 2.60 bits per heavy atom.